The molecule has 106 valence electrons. The number of aliphatic imine (C=N–C) groups is 1. The Morgan fingerprint density at radius 3 is 3.16 bits per heavy atom. The number of thioether (sulfide) groups is 1. The molecule has 2 heterocycles. The van der Waals surface area contributed by atoms with Crippen molar-refractivity contribution in [3.63, 3.8) is 0 Å². The predicted octanol–water partition coefficient (Wildman–Crippen LogP) is 2.57. The average molecular weight is 281 g/mol. The normalized spacial score (nSPS) is 20.6. The molecular formula is C14H23N3OS. The first-order valence-corrected chi connectivity index (χ1v) is 8.04. The second-order valence-electron chi connectivity index (χ2n) is 4.65. The summed E-state index contributed by atoms with van der Waals surface area (Å²) in [6.07, 6.45) is 4.68. The quantitative estimate of drug-likeness (QED) is 0.680. The van der Waals surface area contributed by atoms with Crippen molar-refractivity contribution in [2.24, 2.45) is 4.99 Å². The molecule has 0 bridgehead atoms. The van der Waals surface area contributed by atoms with Gasteiger partial charge in [-0.2, -0.15) is 11.8 Å². The van der Waals surface area contributed by atoms with E-state index < -0.39 is 0 Å². The van der Waals surface area contributed by atoms with Gasteiger partial charge in [0.05, 0.1) is 19.1 Å². The highest BCUT2D eigenvalue weighted by Gasteiger charge is 2.21. The molecule has 4 nitrogen and oxygen atoms in total. The highest BCUT2D eigenvalue weighted by molar-refractivity contribution is 8.00. The molecule has 1 fully saturated rings. The van der Waals surface area contributed by atoms with Gasteiger partial charge in [0.2, 0.25) is 0 Å². The molecular weight excluding hydrogens is 258 g/mol. The molecule has 1 saturated heterocycles. The van der Waals surface area contributed by atoms with Crippen LogP contribution < -0.4 is 5.32 Å². The van der Waals surface area contributed by atoms with Crippen molar-refractivity contribution in [1.29, 1.82) is 0 Å². The molecule has 19 heavy (non-hydrogen) atoms. The van der Waals surface area contributed by atoms with Crippen molar-refractivity contribution in [3.05, 3.63) is 24.2 Å². The van der Waals surface area contributed by atoms with Crippen LogP contribution >= 0.6 is 11.8 Å². The van der Waals surface area contributed by atoms with Crippen LogP contribution in [0.5, 0.6) is 0 Å². The molecule has 1 aromatic heterocycles. The lowest BCUT2D eigenvalue weighted by atomic mass is 10.3. The maximum atomic E-state index is 5.08. The zero-order chi connectivity index (χ0) is 13.5. The van der Waals surface area contributed by atoms with Gasteiger partial charge >= 0.3 is 0 Å². The first-order valence-electron chi connectivity index (χ1n) is 6.99. The van der Waals surface area contributed by atoms with Crippen LogP contribution in [0.1, 0.15) is 25.8 Å². The summed E-state index contributed by atoms with van der Waals surface area (Å²) < 4.78 is 5.08. The van der Waals surface area contributed by atoms with Crippen molar-refractivity contribution >= 4 is 17.7 Å². The molecule has 0 spiro atoms. The summed E-state index contributed by atoms with van der Waals surface area (Å²) >= 11 is 2.08. The zero-order valence-corrected chi connectivity index (χ0v) is 12.6. The third kappa shape index (κ3) is 4.20. The topological polar surface area (TPSA) is 40.8 Å². The van der Waals surface area contributed by atoms with Gasteiger partial charge in [-0.15, -0.1) is 0 Å². The van der Waals surface area contributed by atoms with E-state index in [4.69, 9.17) is 9.41 Å². The number of nitrogens with zero attached hydrogens (tertiary/aromatic N) is 2. The SMILES string of the molecule is CCNC(=NCc1ccoc1)N1CCSC(CC)C1. The third-order valence-corrected chi connectivity index (χ3v) is 4.59. The van der Waals surface area contributed by atoms with Gasteiger partial charge < -0.3 is 14.6 Å². The Morgan fingerprint density at radius 1 is 1.58 bits per heavy atom. The summed E-state index contributed by atoms with van der Waals surface area (Å²) in [5.41, 5.74) is 1.12. The Labute approximate surface area is 119 Å². The van der Waals surface area contributed by atoms with E-state index >= 15 is 0 Å². The predicted molar refractivity (Wildman–Crippen MR) is 81.6 cm³/mol. The van der Waals surface area contributed by atoms with E-state index in [9.17, 15) is 0 Å². The summed E-state index contributed by atoms with van der Waals surface area (Å²) in [4.78, 5) is 7.09. The molecule has 1 aromatic rings. The van der Waals surface area contributed by atoms with Crippen LogP contribution in [0.3, 0.4) is 0 Å². The molecule has 1 aliphatic rings. The van der Waals surface area contributed by atoms with E-state index in [0.29, 0.717) is 6.54 Å². The van der Waals surface area contributed by atoms with Crippen LogP contribution in [0.15, 0.2) is 28.0 Å². The Hall–Kier alpha value is -1.10. The largest absolute Gasteiger partial charge is 0.472 e. The molecule has 5 heteroatoms. The van der Waals surface area contributed by atoms with Gasteiger partial charge in [-0.3, -0.25) is 0 Å². The van der Waals surface area contributed by atoms with E-state index in [1.54, 1.807) is 12.5 Å². The second kappa shape index (κ2) is 7.48. The lowest BCUT2D eigenvalue weighted by molar-refractivity contribution is 0.408. The minimum Gasteiger partial charge on any atom is -0.472 e. The molecule has 0 aromatic carbocycles. The van der Waals surface area contributed by atoms with E-state index in [-0.39, 0.29) is 0 Å². The van der Waals surface area contributed by atoms with Crippen molar-refractivity contribution in [2.45, 2.75) is 32.1 Å². The Bertz CT molecular complexity index is 391. The molecule has 0 amide bonds. The summed E-state index contributed by atoms with van der Waals surface area (Å²) in [6, 6.07) is 1.97. The van der Waals surface area contributed by atoms with Crippen molar-refractivity contribution in [1.82, 2.24) is 10.2 Å². The van der Waals surface area contributed by atoms with Crippen LogP contribution in [0.25, 0.3) is 0 Å². The van der Waals surface area contributed by atoms with Gasteiger partial charge in [-0.05, 0) is 19.4 Å². The minimum absolute atomic E-state index is 0.680. The van der Waals surface area contributed by atoms with Gasteiger partial charge in [0.1, 0.15) is 0 Å². The standard InChI is InChI=1S/C14H23N3OS/c1-3-13-10-17(6-8-19-13)14(15-4-2)16-9-12-5-7-18-11-12/h5,7,11,13H,3-4,6,8-10H2,1-2H3,(H,15,16). The van der Waals surface area contributed by atoms with Crippen molar-refractivity contribution < 1.29 is 4.42 Å². The fraction of sp³-hybridized carbons (Fsp3) is 0.643. The van der Waals surface area contributed by atoms with E-state index in [2.05, 4.69) is 35.8 Å². The zero-order valence-electron chi connectivity index (χ0n) is 11.8. The minimum atomic E-state index is 0.680. The Kier molecular flexibility index (Phi) is 5.63. The van der Waals surface area contributed by atoms with Crippen LogP contribution in [0.4, 0.5) is 0 Å². The number of nitrogens with one attached hydrogen (secondary N) is 1. The third-order valence-electron chi connectivity index (χ3n) is 3.22. The number of furan rings is 1. The highest BCUT2D eigenvalue weighted by atomic mass is 32.2. The summed E-state index contributed by atoms with van der Waals surface area (Å²) in [6.45, 7) is 8.14. The van der Waals surface area contributed by atoms with Crippen LogP contribution in [-0.4, -0.2) is 41.5 Å². The number of hydrogen-bond acceptors (Lipinski definition) is 3. The lowest BCUT2D eigenvalue weighted by Crippen LogP contribution is -2.47. The van der Waals surface area contributed by atoms with Gasteiger partial charge in [0.15, 0.2) is 5.96 Å². The Morgan fingerprint density at radius 2 is 2.47 bits per heavy atom. The fourth-order valence-corrected chi connectivity index (χ4v) is 3.31. The molecule has 0 saturated carbocycles. The number of hydrogen-bond donors (Lipinski definition) is 1. The van der Waals surface area contributed by atoms with E-state index in [0.717, 1.165) is 36.4 Å². The Balaban J connectivity index is 1.99. The molecule has 1 unspecified atom stereocenters. The van der Waals surface area contributed by atoms with Crippen LogP contribution in [0, 0.1) is 0 Å². The van der Waals surface area contributed by atoms with Gasteiger partial charge in [-0.25, -0.2) is 4.99 Å². The van der Waals surface area contributed by atoms with Crippen LogP contribution in [-0.2, 0) is 6.54 Å². The molecule has 0 aliphatic carbocycles. The molecule has 2 rings (SSSR count). The fourth-order valence-electron chi connectivity index (χ4n) is 2.13. The summed E-state index contributed by atoms with van der Waals surface area (Å²) in [7, 11) is 0. The molecule has 0 radical (unpaired) electrons. The summed E-state index contributed by atoms with van der Waals surface area (Å²) in [5.74, 6) is 2.22. The number of rotatable bonds is 4. The maximum absolute atomic E-state index is 5.08. The summed E-state index contributed by atoms with van der Waals surface area (Å²) in [5, 5.41) is 4.12. The molecule has 1 N–H and O–H groups in total. The van der Waals surface area contributed by atoms with Crippen LogP contribution in [0.2, 0.25) is 0 Å². The van der Waals surface area contributed by atoms with Gasteiger partial charge in [-0.1, -0.05) is 6.92 Å². The van der Waals surface area contributed by atoms with Crippen molar-refractivity contribution in [2.75, 3.05) is 25.4 Å². The van der Waals surface area contributed by atoms with Crippen molar-refractivity contribution in [3.8, 4) is 0 Å². The average Bonchev–Trinajstić information content (AvgIpc) is 2.97. The molecule has 1 aliphatic heterocycles. The first kappa shape index (κ1) is 14.3. The van der Waals surface area contributed by atoms with Gasteiger partial charge in [0, 0.05) is 36.2 Å². The molecule has 1 atom stereocenters. The van der Waals surface area contributed by atoms with E-state index in [1.807, 2.05) is 6.07 Å². The monoisotopic (exact) mass is 281 g/mol. The second-order valence-corrected chi connectivity index (χ2v) is 6.06. The lowest BCUT2D eigenvalue weighted by Gasteiger charge is -2.34. The van der Waals surface area contributed by atoms with Gasteiger partial charge in [0.25, 0.3) is 0 Å². The van der Waals surface area contributed by atoms with E-state index in [1.165, 1.54) is 12.2 Å². The maximum Gasteiger partial charge on any atom is 0.194 e. The smallest absolute Gasteiger partial charge is 0.194 e. The first-order chi connectivity index (χ1) is 9.33. The number of guanidine groups is 1. The highest BCUT2D eigenvalue weighted by Crippen LogP contribution is 2.21.